The van der Waals surface area contributed by atoms with Gasteiger partial charge < -0.3 is 14.3 Å². The number of esters is 1. The average molecular weight is 747 g/mol. The van der Waals surface area contributed by atoms with E-state index < -0.39 is 11.4 Å². The van der Waals surface area contributed by atoms with E-state index in [9.17, 15) is 14.7 Å². The Balaban J connectivity index is 1.13. The molecule has 5 aliphatic carbocycles. The molecule has 0 saturated heterocycles. The summed E-state index contributed by atoms with van der Waals surface area (Å²) < 4.78 is 12.6. The molecule has 7 rings (SSSR count). The quantitative estimate of drug-likeness (QED) is 0.201. The molecule has 0 radical (unpaired) electrons. The number of carboxylic acid groups (broad SMARTS) is 1. The van der Waals surface area contributed by atoms with Gasteiger partial charge in [0, 0.05) is 22.3 Å². The zero-order valence-corrected chi connectivity index (χ0v) is 34.5. The molecule has 8 heteroatoms. The molecule has 0 unspecified atom stereocenters. The van der Waals surface area contributed by atoms with E-state index in [1.807, 2.05) is 24.3 Å². The minimum Gasteiger partial charge on any atom is -0.481 e. The van der Waals surface area contributed by atoms with E-state index in [1.165, 1.54) is 44.9 Å². The highest BCUT2D eigenvalue weighted by Crippen LogP contribution is 2.77. The Kier molecular flexibility index (Phi) is 9.63. The maximum atomic E-state index is 13.1. The van der Waals surface area contributed by atoms with E-state index in [1.54, 1.807) is 25.0 Å². The molecule has 0 spiro atoms. The summed E-state index contributed by atoms with van der Waals surface area (Å²) in [7, 11) is 0. The lowest BCUT2D eigenvalue weighted by molar-refractivity contribution is -0.233. The van der Waals surface area contributed by atoms with Crippen LogP contribution in [0.2, 0.25) is 5.02 Å². The number of aliphatic carboxylic acids is 1. The molecule has 1 N–H and O–H groups in total. The van der Waals surface area contributed by atoms with Gasteiger partial charge in [-0.15, -0.1) is 10.2 Å². The molecule has 4 fully saturated rings. The second kappa shape index (κ2) is 13.2. The maximum Gasteiger partial charge on any atom is 0.309 e. The monoisotopic (exact) mass is 746 g/mol. The highest BCUT2D eigenvalue weighted by Gasteiger charge is 2.69. The van der Waals surface area contributed by atoms with E-state index in [4.69, 9.17) is 20.8 Å². The first-order valence-electron chi connectivity index (χ1n) is 20.5. The van der Waals surface area contributed by atoms with Crippen LogP contribution in [0.4, 0.5) is 0 Å². The Morgan fingerprint density at radius 3 is 2.28 bits per heavy atom. The van der Waals surface area contributed by atoms with Gasteiger partial charge >= 0.3 is 11.9 Å². The summed E-state index contributed by atoms with van der Waals surface area (Å²) in [4.78, 5) is 24.9. The Labute approximate surface area is 322 Å². The predicted molar refractivity (Wildman–Crippen MR) is 207 cm³/mol. The van der Waals surface area contributed by atoms with Crippen LogP contribution >= 0.6 is 11.6 Å². The first-order chi connectivity index (χ1) is 24.8. The molecule has 5 aliphatic rings. The lowest BCUT2D eigenvalue weighted by Gasteiger charge is -2.72. The fourth-order valence-electron chi connectivity index (χ4n) is 13.4. The van der Waals surface area contributed by atoms with Crippen molar-refractivity contribution < 1.29 is 23.8 Å². The van der Waals surface area contributed by atoms with Crippen molar-refractivity contribution in [1.29, 1.82) is 0 Å². The Morgan fingerprint density at radius 1 is 0.906 bits per heavy atom. The van der Waals surface area contributed by atoms with Gasteiger partial charge in [-0.05, 0) is 136 Å². The zero-order valence-electron chi connectivity index (χ0n) is 33.7. The van der Waals surface area contributed by atoms with Gasteiger partial charge in [-0.2, -0.15) is 0 Å². The molecule has 8 atom stereocenters. The summed E-state index contributed by atoms with van der Waals surface area (Å²) in [5, 5.41) is 19.5. The number of fused-ring (bicyclic) bond motifs is 7. The standard InChI is InChI=1S/C45H63ClN2O5/c1-27(2)30-16-21-45(25-36-48-47-35(53-36)24-28-10-12-29(46)13-11-28)23-22-43(8)31(38(30)45)14-15-33-42(7)19-18-34(52-37(49)26-40(3,4)39(50)51)41(5,6)32(42)17-20-44(33,43)9/h10-13,27,31-34H,14-26H2,1-9H3,(H,50,51)/t31-,32+,33-,34+,42+,43-,44-,45-/m1/s1. The summed E-state index contributed by atoms with van der Waals surface area (Å²) in [6.45, 7) is 20.5. The lowest BCUT2D eigenvalue weighted by atomic mass is 9.33. The van der Waals surface area contributed by atoms with Crippen LogP contribution < -0.4 is 0 Å². The number of halogens is 1. The lowest BCUT2D eigenvalue weighted by Crippen LogP contribution is -2.65. The Morgan fingerprint density at radius 2 is 1.60 bits per heavy atom. The SMILES string of the molecule is CC(C)C1=C2[C@H]3CC[C@@H]4[C@@]5(C)CC[C@H](OC(=O)CC(C)(C)C(=O)O)C(C)(C)[C@@H]5CC[C@@]4(C)[C@]3(C)CC[C@@]2(Cc2nnc(Cc3ccc(Cl)cc3)o2)CC1. The summed E-state index contributed by atoms with van der Waals surface area (Å²) in [5.41, 5.74) is 3.86. The van der Waals surface area contributed by atoms with Crippen molar-refractivity contribution in [1.82, 2.24) is 10.2 Å². The highest BCUT2D eigenvalue weighted by molar-refractivity contribution is 6.30. The normalized spacial score (nSPS) is 36.4. The first-order valence-corrected chi connectivity index (χ1v) is 20.9. The number of ether oxygens (including phenoxy) is 1. The molecule has 4 saturated carbocycles. The summed E-state index contributed by atoms with van der Waals surface area (Å²) in [5.74, 6) is 2.20. The van der Waals surface area contributed by atoms with Gasteiger partial charge in [-0.1, -0.05) is 83.3 Å². The molecule has 1 heterocycles. The molecule has 0 bridgehead atoms. The molecular weight excluding hydrogens is 684 g/mol. The van der Waals surface area contributed by atoms with Gasteiger partial charge in [0.05, 0.1) is 18.3 Å². The van der Waals surface area contributed by atoms with Crippen LogP contribution in [0.25, 0.3) is 0 Å². The van der Waals surface area contributed by atoms with Crippen molar-refractivity contribution in [2.75, 3.05) is 0 Å². The topological polar surface area (TPSA) is 103 Å². The number of carbonyl (C=O) groups is 2. The van der Waals surface area contributed by atoms with Gasteiger partial charge in [-0.25, -0.2) is 0 Å². The third kappa shape index (κ3) is 6.22. The van der Waals surface area contributed by atoms with Crippen molar-refractivity contribution in [3.8, 4) is 0 Å². The highest BCUT2D eigenvalue weighted by atomic mass is 35.5. The van der Waals surface area contributed by atoms with E-state index in [0.29, 0.717) is 36.0 Å². The Bertz CT molecular complexity index is 1780. The van der Waals surface area contributed by atoms with E-state index in [0.717, 1.165) is 42.2 Å². The molecule has 2 aromatic rings. The van der Waals surface area contributed by atoms with Crippen molar-refractivity contribution in [2.45, 2.75) is 152 Å². The van der Waals surface area contributed by atoms with Gasteiger partial charge in [0.25, 0.3) is 0 Å². The number of aromatic nitrogens is 2. The van der Waals surface area contributed by atoms with E-state index in [2.05, 4.69) is 58.7 Å². The van der Waals surface area contributed by atoms with Crippen LogP contribution in [0.5, 0.6) is 0 Å². The average Bonchev–Trinajstić information content (AvgIpc) is 3.68. The molecule has 1 aromatic carbocycles. The molecule has 290 valence electrons. The fourth-order valence-corrected chi connectivity index (χ4v) is 13.5. The van der Waals surface area contributed by atoms with Gasteiger partial charge in [0.2, 0.25) is 11.8 Å². The summed E-state index contributed by atoms with van der Waals surface area (Å²) in [6.07, 6.45) is 12.5. The van der Waals surface area contributed by atoms with Gasteiger partial charge in [0.15, 0.2) is 0 Å². The number of hydrogen-bond acceptors (Lipinski definition) is 6. The molecule has 7 nitrogen and oxygen atoms in total. The van der Waals surface area contributed by atoms with Crippen molar-refractivity contribution in [3.05, 3.63) is 57.8 Å². The summed E-state index contributed by atoms with van der Waals surface area (Å²) in [6, 6.07) is 7.87. The number of allylic oxidation sites excluding steroid dienone is 2. The molecule has 1 aromatic heterocycles. The number of nitrogens with zero attached hydrogens (tertiary/aromatic N) is 2. The molecule has 0 aliphatic heterocycles. The number of rotatable bonds is 9. The minimum atomic E-state index is -1.14. The van der Waals surface area contributed by atoms with Crippen molar-refractivity contribution >= 4 is 23.5 Å². The number of hydrogen-bond donors (Lipinski definition) is 1. The smallest absolute Gasteiger partial charge is 0.309 e. The predicted octanol–water partition coefficient (Wildman–Crippen LogP) is 11.1. The summed E-state index contributed by atoms with van der Waals surface area (Å²) >= 11 is 6.12. The van der Waals surface area contributed by atoms with E-state index in [-0.39, 0.29) is 45.6 Å². The fraction of sp³-hybridized carbons (Fsp3) is 0.733. The van der Waals surface area contributed by atoms with Crippen LogP contribution in [0, 0.1) is 56.2 Å². The molecule has 0 amide bonds. The van der Waals surface area contributed by atoms with E-state index >= 15 is 0 Å². The van der Waals surface area contributed by atoms with Crippen LogP contribution in [0.15, 0.2) is 39.8 Å². The third-order valence-electron chi connectivity index (χ3n) is 16.5. The molecular formula is C45H63ClN2O5. The van der Waals surface area contributed by atoms with Crippen LogP contribution in [-0.4, -0.2) is 33.3 Å². The van der Waals surface area contributed by atoms with Crippen LogP contribution in [0.3, 0.4) is 0 Å². The third-order valence-corrected chi connectivity index (χ3v) is 16.7. The Hall–Kier alpha value is -2.67. The van der Waals surface area contributed by atoms with Gasteiger partial charge in [0.1, 0.15) is 6.10 Å². The minimum absolute atomic E-state index is 0.0806. The van der Waals surface area contributed by atoms with Gasteiger partial charge in [-0.3, -0.25) is 9.59 Å². The van der Waals surface area contributed by atoms with Crippen LogP contribution in [-0.2, 0) is 27.2 Å². The number of benzene rings is 1. The largest absolute Gasteiger partial charge is 0.481 e. The molecule has 53 heavy (non-hydrogen) atoms. The number of carboxylic acids is 1. The second-order valence-electron chi connectivity index (χ2n) is 20.3. The number of carbonyl (C=O) groups excluding carboxylic acids is 1. The zero-order chi connectivity index (χ0) is 38.4. The van der Waals surface area contributed by atoms with Crippen molar-refractivity contribution in [2.24, 2.45) is 56.2 Å². The first kappa shape index (κ1) is 38.6. The maximum absolute atomic E-state index is 13.1. The van der Waals surface area contributed by atoms with Crippen molar-refractivity contribution in [3.63, 3.8) is 0 Å². The second-order valence-corrected chi connectivity index (χ2v) is 20.7. The van der Waals surface area contributed by atoms with Crippen LogP contribution in [0.1, 0.15) is 150 Å².